The van der Waals surface area contributed by atoms with E-state index >= 15 is 0 Å². The Morgan fingerprint density at radius 1 is 1.33 bits per heavy atom. The molecule has 80 valence electrons. The summed E-state index contributed by atoms with van der Waals surface area (Å²) in [4.78, 5) is 13.1. The van der Waals surface area contributed by atoms with Crippen molar-refractivity contribution in [2.45, 2.75) is 19.4 Å². The van der Waals surface area contributed by atoms with Crippen LogP contribution in [0.15, 0.2) is 30.3 Å². The molecule has 0 saturated carbocycles. The first-order chi connectivity index (χ1) is 7.38. The zero-order chi connectivity index (χ0) is 10.5. The first kappa shape index (κ1) is 10.4. The van der Waals surface area contributed by atoms with Gasteiger partial charge < -0.3 is 4.79 Å². The highest BCUT2D eigenvalue weighted by atomic mass is 16.1. The van der Waals surface area contributed by atoms with Gasteiger partial charge >= 0.3 is 0 Å². The fourth-order valence-electron chi connectivity index (χ4n) is 2.19. The van der Waals surface area contributed by atoms with Gasteiger partial charge in [-0.3, -0.25) is 4.90 Å². The first-order valence-corrected chi connectivity index (χ1v) is 5.60. The monoisotopic (exact) mass is 203 g/mol. The topological polar surface area (TPSA) is 20.3 Å². The maximum atomic E-state index is 10.7. The van der Waals surface area contributed by atoms with Crippen LogP contribution < -0.4 is 0 Å². The minimum atomic E-state index is 0.252. The van der Waals surface area contributed by atoms with E-state index in [2.05, 4.69) is 29.2 Å². The van der Waals surface area contributed by atoms with Crippen molar-refractivity contribution in [3.8, 4) is 0 Å². The Balaban J connectivity index is 1.92. The molecule has 15 heavy (non-hydrogen) atoms. The van der Waals surface area contributed by atoms with E-state index < -0.39 is 0 Å². The molecule has 1 heterocycles. The summed E-state index contributed by atoms with van der Waals surface area (Å²) in [6.07, 6.45) is 3.32. The van der Waals surface area contributed by atoms with Gasteiger partial charge in [0.25, 0.3) is 0 Å². The number of carbonyl (C=O) groups excluding carboxylic acids is 1. The number of likely N-dealkylation sites (tertiary alicyclic amines) is 1. The van der Waals surface area contributed by atoms with Gasteiger partial charge in [-0.1, -0.05) is 30.3 Å². The highest BCUT2D eigenvalue weighted by Crippen LogP contribution is 2.16. The molecule has 0 N–H and O–H groups in total. The Bertz CT molecular complexity index is 310. The van der Waals surface area contributed by atoms with E-state index in [1.165, 1.54) is 5.56 Å². The molecule has 1 aliphatic rings. The summed E-state index contributed by atoms with van der Waals surface area (Å²) in [6, 6.07) is 10.5. The first-order valence-electron chi connectivity index (χ1n) is 5.60. The SMILES string of the molecule is O=C[C@H]1CCCN(Cc2ccccc2)C1. The minimum absolute atomic E-state index is 0.252. The number of rotatable bonds is 3. The third-order valence-corrected chi connectivity index (χ3v) is 2.98. The fourth-order valence-corrected chi connectivity index (χ4v) is 2.19. The van der Waals surface area contributed by atoms with Gasteiger partial charge in [0.2, 0.25) is 0 Å². The second-order valence-corrected chi connectivity index (χ2v) is 4.26. The van der Waals surface area contributed by atoms with Crippen LogP contribution >= 0.6 is 0 Å². The molecule has 2 nitrogen and oxygen atoms in total. The second kappa shape index (κ2) is 5.08. The summed E-state index contributed by atoms with van der Waals surface area (Å²) < 4.78 is 0. The third-order valence-electron chi connectivity index (χ3n) is 2.98. The zero-order valence-corrected chi connectivity index (χ0v) is 8.93. The summed E-state index contributed by atoms with van der Waals surface area (Å²) in [7, 11) is 0. The Kier molecular flexibility index (Phi) is 3.51. The van der Waals surface area contributed by atoms with Crippen molar-refractivity contribution in [1.82, 2.24) is 4.90 Å². The van der Waals surface area contributed by atoms with E-state index in [9.17, 15) is 4.79 Å². The van der Waals surface area contributed by atoms with Gasteiger partial charge in [-0.05, 0) is 24.9 Å². The Labute approximate surface area is 90.9 Å². The van der Waals surface area contributed by atoms with Crippen molar-refractivity contribution >= 4 is 6.29 Å². The van der Waals surface area contributed by atoms with Crippen molar-refractivity contribution < 1.29 is 4.79 Å². The van der Waals surface area contributed by atoms with Crippen LogP contribution in [0.25, 0.3) is 0 Å². The van der Waals surface area contributed by atoms with Crippen molar-refractivity contribution in [3.05, 3.63) is 35.9 Å². The average Bonchev–Trinajstić information content (AvgIpc) is 2.31. The average molecular weight is 203 g/mol. The van der Waals surface area contributed by atoms with Gasteiger partial charge in [0.1, 0.15) is 6.29 Å². The molecule has 2 heteroatoms. The third kappa shape index (κ3) is 2.90. The summed E-state index contributed by atoms with van der Waals surface area (Å²) in [5.74, 6) is 0.252. The summed E-state index contributed by atoms with van der Waals surface area (Å²) >= 11 is 0. The van der Waals surface area contributed by atoms with E-state index in [0.29, 0.717) is 0 Å². The van der Waals surface area contributed by atoms with Crippen LogP contribution in [0.5, 0.6) is 0 Å². The number of nitrogens with zero attached hydrogens (tertiary/aromatic N) is 1. The molecule has 0 aliphatic carbocycles. The normalized spacial score (nSPS) is 22.5. The standard InChI is InChI=1S/C13H17NO/c15-11-13-7-4-8-14(10-13)9-12-5-2-1-3-6-12/h1-3,5-6,11,13H,4,7-10H2/t13-/m0/s1. The molecule has 0 amide bonds. The summed E-state index contributed by atoms with van der Waals surface area (Å²) in [5, 5.41) is 0. The van der Waals surface area contributed by atoms with Crippen LogP contribution in [-0.4, -0.2) is 24.3 Å². The predicted octanol–water partition coefficient (Wildman–Crippen LogP) is 2.10. The highest BCUT2D eigenvalue weighted by molar-refractivity contribution is 5.53. The lowest BCUT2D eigenvalue weighted by atomic mass is 9.99. The number of hydrogen-bond acceptors (Lipinski definition) is 2. The van der Waals surface area contributed by atoms with E-state index in [1.807, 2.05) is 6.07 Å². The molecule has 1 fully saturated rings. The highest BCUT2D eigenvalue weighted by Gasteiger charge is 2.18. The van der Waals surface area contributed by atoms with E-state index in [4.69, 9.17) is 0 Å². The van der Waals surface area contributed by atoms with Crippen LogP contribution in [0.3, 0.4) is 0 Å². The van der Waals surface area contributed by atoms with Gasteiger partial charge in [-0.25, -0.2) is 0 Å². The number of aldehydes is 1. The summed E-state index contributed by atoms with van der Waals surface area (Å²) in [5.41, 5.74) is 1.34. The van der Waals surface area contributed by atoms with Gasteiger partial charge in [-0.15, -0.1) is 0 Å². The lowest BCUT2D eigenvalue weighted by molar-refractivity contribution is -0.112. The quantitative estimate of drug-likeness (QED) is 0.701. The molecule has 1 saturated heterocycles. The number of hydrogen-bond donors (Lipinski definition) is 0. The molecule has 0 spiro atoms. The van der Waals surface area contributed by atoms with Crippen LogP contribution in [0.4, 0.5) is 0 Å². The molecular weight excluding hydrogens is 186 g/mol. The molecule has 1 aromatic carbocycles. The van der Waals surface area contributed by atoms with Crippen LogP contribution in [0.1, 0.15) is 18.4 Å². The van der Waals surface area contributed by atoms with Crippen LogP contribution in [-0.2, 0) is 11.3 Å². The smallest absolute Gasteiger partial charge is 0.124 e. The lowest BCUT2D eigenvalue weighted by Crippen LogP contribution is -2.35. The van der Waals surface area contributed by atoms with Crippen molar-refractivity contribution in [2.24, 2.45) is 5.92 Å². The molecule has 1 aliphatic heterocycles. The van der Waals surface area contributed by atoms with Gasteiger partial charge in [-0.2, -0.15) is 0 Å². The van der Waals surface area contributed by atoms with Crippen molar-refractivity contribution in [2.75, 3.05) is 13.1 Å². The molecule has 0 aromatic heterocycles. The molecule has 2 rings (SSSR count). The summed E-state index contributed by atoms with van der Waals surface area (Å²) in [6.45, 7) is 3.03. The Morgan fingerprint density at radius 3 is 2.87 bits per heavy atom. The lowest BCUT2D eigenvalue weighted by Gasteiger charge is -2.30. The zero-order valence-electron chi connectivity index (χ0n) is 8.93. The molecule has 1 aromatic rings. The largest absolute Gasteiger partial charge is 0.303 e. The number of carbonyl (C=O) groups is 1. The molecule has 1 atom stereocenters. The van der Waals surface area contributed by atoms with Gasteiger partial charge in [0.05, 0.1) is 0 Å². The van der Waals surface area contributed by atoms with Crippen LogP contribution in [0, 0.1) is 5.92 Å². The van der Waals surface area contributed by atoms with Crippen LogP contribution in [0.2, 0.25) is 0 Å². The molecule has 0 radical (unpaired) electrons. The van der Waals surface area contributed by atoms with Crippen molar-refractivity contribution in [3.63, 3.8) is 0 Å². The predicted molar refractivity (Wildman–Crippen MR) is 60.5 cm³/mol. The van der Waals surface area contributed by atoms with Crippen molar-refractivity contribution in [1.29, 1.82) is 0 Å². The van der Waals surface area contributed by atoms with Gasteiger partial charge in [0, 0.05) is 19.0 Å². The second-order valence-electron chi connectivity index (χ2n) is 4.26. The van der Waals surface area contributed by atoms with E-state index in [-0.39, 0.29) is 5.92 Å². The number of benzene rings is 1. The maximum Gasteiger partial charge on any atom is 0.124 e. The van der Waals surface area contributed by atoms with E-state index in [1.54, 1.807) is 0 Å². The Hall–Kier alpha value is -1.15. The minimum Gasteiger partial charge on any atom is -0.303 e. The maximum absolute atomic E-state index is 10.7. The van der Waals surface area contributed by atoms with E-state index in [0.717, 1.165) is 38.8 Å². The molecule has 0 unspecified atom stereocenters. The molecule has 0 bridgehead atoms. The Morgan fingerprint density at radius 2 is 2.13 bits per heavy atom. The molecular formula is C13H17NO. The van der Waals surface area contributed by atoms with Gasteiger partial charge in [0.15, 0.2) is 0 Å². The number of piperidine rings is 1. The fraction of sp³-hybridized carbons (Fsp3) is 0.462.